The van der Waals surface area contributed by atoms with Crippen molar-refractivity contribution in [2.24, 2.45) is 0 Å². The summed E-state index contributed by atoms with van der Waals surface area (Å²) in [4.78, 5) is 0. The fourth-order valence-corrected chi connectivity index (χ4v) is 1.17. The molecule has 62 valence electrons. The number of halogens is 1. The Balaban J connectivity index is 2.82. The fraction of sp³-hybridized carbons (Fsp3) is 0.500. The van der Waals surface area contributed by atoms with E-state index >= 15 is 0 Å². The van der Waals surface area contributed by atoms with Crippen LogP contribution in [0.2, 0.25) is 0 Å². The third kappa shape index (κ3) is 1.72. The van der Waals surface area contributed by atoms with Crippen LogP contribution in [0.5, 0.6) is 5.88 Å². The molecule has 1 aromatic rings. The Hall–Kier alpha value is -0.550. The topological polar surface area (TPSA) is 47.1 Å². The van der Waals surface area contributed by atoms with Crippen LogP contribution in [0.25, 0.3) is 0 Å². The standard InChI is InChI=1S/C6H9BrN2O2/c1-10-3-4-5(7)6(11-2)9-8-4/h3H2,1-2H3,(H,8,9). The second-order valence-electron chi connectivity index (χ2n) is 1.96. The van der Waals surface area contributed by atoms with E-state index in [1.807, 2.05) is 0 Å². The van der Waals surface area contributed by atoms with Gasteiger partial charge in [0.05, 0.1) is 19.4 Å². The van der Waals surface area contributed by atoms with E-state index in [0.717, 1.165) is 10.2 Å². The van der Waals surface area contributed by atoms with Crippen molar-refractivity contribution in [1.82, 2.24) is 10.2 Å². The molecule has 4 nitrogen and oxygen atoms in total. The van der Waals surface area contributed by atoms with Crippen molar-refractivity contribution >= 4 is 15.9 Å². The van der Waals surface area contributed by atoms with E-state index in [2.05, 4.69) is 26.1 Å². The minimum Gasteiger partial charge on any atom is -0.479 e. The average molecular weight is 221 g/mol. The lowest BCUT2D eigenvalue weighted by molar-refractivity contribution is 0.181. The quantitative estimate of drug-likeness (QED) is 0.837. The molecule has 11 heavy (non-hydrogen) atoms. The van der Waals surface area contributed by atoms with E-state index in [9.17, 15) is 0 Å². The van der Waals surface area contributed by atoms with Crippen LogP contribution >= 0.6 is 15.9 Å². The van der Waals surface area contributed by atoms with Gasteiger partial charge in [0.25, 0.3) is 0 Å². The van der Waals surface area contributed by atoms with Crippen molar-refractivity contribution in [3.63, 3.8) is 0 Å². The van der Waals surface area contributed by atoms with Gasteiger partial charge in [-0.1, -0.05) is 0 Å². The Morgan fingerprint density at radius 2 is 2.27 bits per heavy atom. The van der Waals surface area contributed by atoms with Crippen molar-refractivity contribution in [3.8, 4) is 5.88 Å². The van der Waals surface area contributed by atoms with Crippen LogP contribution in [0.15, 0.2) is 4.47 Å². The van der Waals surface area contributed by atoms with Crippen LogP contribution in [0.1, 0.15) is 5.69 Å². The summed E-state index contributed by atoms with van der Waals surface area (Å²) in [7, 11) is 3.19. The van der Waals surface area contributed by atoms with Gasteiger partial charge in [0.2, 0.25) is 5.88 Å². The maximum atomic E-state index is 4.93. The molecular formula is C6H9BrN2O2. The van der Waals surface area contributed by atoms with Gasteiger partial charge in [-0.05, 0) is 15.9 Å². The molecule has 0 atom stereocenters. The fourth-order valence-electron chi connectivity index (χ4n) is 0.721. The Morgan fingerprint density at radius 1 is 1.55 bits per heavy atom. The van der Waals surface area contributed by atoms with Crippen LogP contribution in [-0.4, -0.2) is 24.4 Å². The first-order valence-corrected chi connectivity index (χ1v) is 3.84. The number of H-pyrrole nitrogens is 1. The third-order valence-electron chi connectivity index (χ3n) is 1.23. The molecule has 1 heterocycles. The molecule has 0 aliphatic heterocycles. The van der Waals surface area contributed by atoms with Gasteiger partial charge in [0.15, 0.2) is 0 Å². The number of rotatable bonds is 3. The summed E-state index contributed by atoms with van der Waals surface area (Å²) in [5.41, 5.74) is 0.879. The molecule has 5 heteroatoms. The van der Waals surface area contributed by atoms with Crippen molar-refractivity contribution < 1.29 is 9.47 Å². The number of ether oxygens (including phenoxy) is 2. The number of nitrogens with one attached hydrogen (secondary N) is 1. The van der Waals surface area contributed by atoms with E-state index in [1.54, 1.807) is 14.2 Å². The Morgan fingerprint density at radius 3 is 2.73 bits per heavy atom. The lowest BCUT2D eigenvalue weighted by atomic mass is 10.4. The highest BCUT2D eigenvalue weighted by Crippen LogP contribution is 2.25. The maximum Gasteiger partial charge on any atom is 0.247 e. The Bertz CT molecular complexity index is 236. The summed E-state index contributed by atoms with van der Waals surface area (Å²) in [6.07, 6.45) is 0. The van der Waals surface area contributed by atoms with Crippen molar-refractivity contribution in [2.75, 3.05) is 14.2 Å². The molecule has 0 aliphatic carbocycles. The lowest BCUT2D eigenvalue weighted by Crippen LogP contribution is -1.87. The highest BCUT2D eigenvalue weighted by molar-refractivity contribution is 9.10. The molecule has 0 aliphatic rings. The molecule has 0 amide bonds. The smallest absolute Gasteiger partial charge is 0.247 e. The van der Waals surface area contributed by atoms with Crippen LogP contribution < -0.4 is 4.74 Å². The summed E-state index contributed by atoms with van der Waals surface area (Å²) in [5, 5.41) is 6.66. The van der Waals surface area contributed by atoms with Crippen LogP contribution in [0.4, 0.5) is 0 Å². The highest BCUT2D eigenvalue weighted by atomic mass is 79.9. The van der Waals surface area contributed by atoms with Crippen LogP contribution in [0, 0.1) is 0 Å². The molecule has 0 unspecified atom stereocenters. The Labute approximate surface area is 73.0 Å². The van der Waals surface area contributed by atoms with Gasteiger partial charge < -0.3 is 9.47 Å². The first-order chi connectivity index (χ1) is 5.29. The SMILES string of the molecule is COCc1[nH]nc(OC)c1Br. The zero-order valence-electron chi connectivity index (χ0n) is 6.35. The van der Waals surface area contributed by atoms with Crippen LogP contribution in [0.3, 0.4) is 0 Å². The molecule has 0 bridgehead atoms. The first-order valence-electron chi connectivity index (χ1n) is 3.05. The van der Waals surface area contributed by atoms with Gasteiger partial charge in [-0.25, -0.2) is 0 Å². The van der Waals surface area contributed by atoms with Gasteiger partial charge in [0, 0.05) is 7.11 Å². The number of hydrogen-bond acceptors (Lipinski definition) is 3. The monoisotopic (exact) mass is 220 g/mol. The maximum absolute atomic E-state index is 4.93. The molecule has 0 saturated heterocycles. The number of nitrogens with zero attached hydrogens (tertiary/aromatic N) is 1. The first kappa shape index (κ1) is 8.55. The summed E-state index contributed by atoms with van der Waals surface area (Å²) in [6.45, 7) is 0.497. The van der Waals surface area contributed by atoms with Gasteiger partial charge in [-0.2, -0.15) is 0 Å². The molecule has 0 saturated carbocycles. The zero-order chi connectivity index (χ0) is 8.27. The number of aromatic amines is 1. The summed E-state index contributed by atoms with van der Waals surface area (Å²) in [6, 6.07) is 0. The molecule has 0 radical (unpaired) electrons. The van der Waals surface area contributed by atoms with Crippen molar-refractivity contribution in [2.45, 2.75) is 6.61 Å². The summed E-state index contributed by atoms with van der Waals surface area (Å²) >= 11 is 3.31. The van der Waals surface area contributed by atoms with E-state index in [0.29, 0.717) is 12.5 Å². The lowest BCUT2D eigenvalue weighted by Gasteiger charge is -1.95. The van der Waals surface area contributed by atoms with E-state index in [1.165, 1.54) is 0 Å². The predicted octanol–water partition coefficient (Wildman–Crippen LogP) is 1.33. The normalized spacial score (nSPS) is 10.1. The van der Waals surface area contributed by atoms with Gasteiger partial charge in [-0.15, -0.1) is 5.10 Å². The second-order valence-corrected chi connectivity index (χ2v) is 2.75. The average Bonchev–Trinajstić information content (AvgIpc) is 2.34. The van der Waals surface area contributed by atoms with E-state index in [4.69, 9.17) is 9.47 Å². The number of aromatic nitrogens is 2. The molecule has 0 spiro atoms. The Kier molecular flexibility index (Phi) is 2.90. The van der Waals surface area contributed by atoms with Gasteiger partial charge in [-0.3, -0.25) is 5.10 Å². The molecule has 1 N–H and O–H groups in total. The van der Waals surface area contributed by atoms with Crippen molar-refractivity contribution in [3.05, 3.63) is 10.2 Å². The molecule has 1 rings (SSSR count). The molecule has 0 fully saturated rings. The minimum absolute atomic E-state index is 0.497. The zero-order valence-corrected chi connectivity index (χ0v) is 7.93. The largest absolute Gasteiger partial charge is 0.479 e. The van der Waals surface area contributed by atoms with E-state index < -0.39 is 0 Å². The summed E-state index contributed by atoms with van der Waals surface area (Å²) in [5.74, 6) is 0.553. The van der Waals surface area contributed by atoms with Crippen molar-refractivity contribution in [1.29, 1.82) is 0 Å². The highest BCUT2D eigenvalue weighted by Gasteiger charge is 2.09. The number of hydrogen-bond donors (Lipinski definition) is 1. The summed E-state index contributed by atoms with van der Waals surface area (Å²) < 4.78 is 10.7. The molecule has 1 aromatic heterocycles. The number of methoxy groups -OCH3 is 2. The molecular weight excluding hydrogens is 212 g/mol. The predicted molar refractivity (Wildman–Crippen MR) is 43.6 cm³/mol. The van der Waals surface area contributed by atoms with Crippen LogP contribution in [-0.2, 0) is 11.3 Å². The molecule has 0 aromatic carbocycles. The van der Waals surface area contributed by atoms with Gasteiger partial charge >= 0.3 is 0 Å². The second kappa shape index (κ2) is 3.73. The minimum atomic E-state index is 0.497. The van der Waals surface area contributed by atoms with E-state index in [-0.39, 0.29) is 0 Å². The third-order valence-corrected chi connectivity index (χ3v) is 2.04. The van der Waals surface area contributed by atoms with Gasteiger partial charge in [0.1, 0.15) is 4.47 Å².